The maximum atomic E-state index is 13.0. The molecular weight excluding hydrogens is 448 g/mol. The number of sulfonamides is 1. The van der Waals surface area contributed by atoms with Crippen molar-refractivity contribution in [3.63, 3.8) is 0 Å². The number of nitrogens with zero attached hydrogens (tertiary/aromatic N) is 2. The third-order valence-electron chi connectivity index (χ3n) is 5.24. The van der Waals surface area contributed by atoms with Crippen molar-refractivity contribution >= 4 is 33.6 Å². The third-order valence-corrected chi connectivity index (χ3v) is 7.07. The van der Waals surface area contributed by atoms with Gasteiger partial charge in [-0.3, -0.25) is 14.5 Å². The highest BCUT2D eigenvalue weighted by Crippen LogP contribution is 2.30. The Balaban J connectivity index is 1.69. The monoisotopic (exact) mass is 474 g/mol. The van der Waals surface area contributed by atoms with Gasteiger partial charge in [0.1, 0.15) is 17.8 Å². The fourth-order valence-corrected chi connectivity index (χ4v) is 4.25. The second kappa shape index (κ2) is 9.20. The van der Waals surface area contributed by atoms with Crippen LogP contribution in [0, 0.1) is 0 Å². The quantitative estimate of drug-likeness (QED) is 0.562. The van der Waals surface area contributed by atoms with E-state index in [0.717, 1.165) is 9.21 Å². The summed E-state index contributed by atoms with van der Waals surface area (Å²) in [6.45, 7) is 3.45. The molecule has 0 saturated carbocycles. The Morgan fingerprint density at radius 3 is 2.24 bits per heavy atom. The third kappa shape index (κ3) is 4.83. The highest BCUT2D eigenvalue weighted by atomic mass is 32.2. The summed E-state index contributed by atoms with van der Waals surface area (Å²) in [5, 5.41) is 5.22. The molecule has 1 heterocycles. The second-order valence-electron chi connectivity index (χ2n) is 7.76. The molecule has 4 amide bonds. The number of rotatable bonds is 8. The van der Waals surface area contributed by atoms with Crippen LogP contribution in [0.5, 0.6) is 5.75 Å². The maximum absolute atomic E-state index is 13.0. The normalized spacial score (nSPS) is 18.4. The van der Waals surface area contributed by atoms with Gasteiger partial charge in [-0.2, -0.15) is 0 Å². The molecule has 11 heteroatoms. The van der Waals surface area contributed by atoms with E-state index in [-0.39, 0.29) is 4.90 Å². The molecule has 1 aliphatic heterocycles. The van der Waals surface area contributed by atoms with Crippen molar-refractivity contribution in [1.29, 1.82) is 0 Å². The van der Waals surface area contributed by atoms with Gasteiger partial charge in [-0.1, -0.05) is 12.1 Å². The molecule has 0 aliphatic carbocycles. The van der Waals surface area contributed by atoms with Crippen LogP contribution < -0.4 is 15.4 Å². The van der Waals surface area contributed by atoms with Crippen LogP contribution in [0.15, 0.2) is 53.4 Å². The van der Waals surface area contributed by atoms with Gasteiger partial charge in [0.15, 0.2) is 0 Å². The first-order valence-corrected chi connectivity index (χ1v) is 11.6. The number of ether oxygens (including phenoxy) is 1. The van der Waals surface area contributed by atoms with E-state index in [9.17, 15) is 22.8 Å². The summed E-state index contributed by atoms with van der Waals surface area (Å²) >= 11 is 0. The van der Waals surface area contributed by atoms with Crippen molar-refractivity contribution < 1.29 is 27.5 Å². The molecule has 176 valence electrons. The fraction of sp³-hybridized carbons (Fsp3) is 0.318. The lowest BCUT2D eigenvalue weighted by molar-refractivity contribution is -0.133. The lowest BCUT2D eigenvalue weighted by Crippen LogP contribution is -2.42. The molecular formula is C22H26N4O6S. The minimum Gasteiger partial charge on any atom is -0.494 e. The zero-order valence-corrected chi connectivity index (χ0v) is 19.6. The molecule has 0 spiro atoms. The van der Waals surface area contributed by atoms with Crippen molar-refractivity contribution in [3.05, 3.63) is 54.1 Å². The fourth-order valence-electron chi connectivity index (χ4n) is 3.35. The summed E-state index contributed by atoms with van der Waals surface area (Å²) in [7, 11) is -0.752. The van der Waals surface area contributed by atoms with E-state index in [1.807, 2.05) is 6.92 Å². The molecule has 0 aromatic heterocycles. The van der Waals surface area contributed by atoms with E-state index in [1.54, 1.807) is 31.2 Å². The van der Waals surface area contributed by atoms with Gasteiger partial charge in [0.05, 0.1) is 11.5 Å². The first-order valence-electron chi connectivity index (χ1n) is 10.2. The van der Waals surface area contributed by atoms with Gasteiger partial charge in [-0.05, 0) is 55.8 Å². The number of benzene rings is 2. The van der Waals surface area contributed by atoms with Crippen LogP contribution in [-0.4, -0.2) is 62.7 Å². The number of carbonyl (C=O) groups is 3. The van der Waals surface area contributed by atoms with Crippen LogP contribution in [0.4, 0.5) is 10.5 Å². The lowest BCUT2D eigenvalue weighted by atomic mass is 9.92. The SMILES string of the molecule is CCOc1ccc(C2(C)NC(=O)N(CC(=O)Nc3ccc(S(=O)(=O)N(C)C)cc3)C2=O)cc1. The highest BCUT2D eigenvalue weighted by molar-refractivity contribution is 7.89. The Labute approximate surface area is 192 Å². The van der Waals surface area contributed by atoms with E-state index < -0.39 is 40.0 Å². The zero-order chi connectivity index (χ0) is 24.4. The largest absolute Gasteiger partial charge is 0.494 e. The summed E-state index contributed by atoms with van der Waals surface area (Å²) in [4.78, 5) is 38.9. The standard InChI is InChI=1S/C22H26N4O6S/c1-5-32-17-10-6-15(7-11-17)22(2)20(28)26(21(29)24-22)14-19(27)23-16-8-12-18(13-9-16)33(30,31)25(3)4/h6-13H,5,14H2,1-4H3,(H,23,27)(H,24,29). The molecule has 2 aromatic carbocycles. The molecule has 2 aromatic rings. The van der Waals surface area contributed by atoms with E-state index in [4.69, 9.17) is 4.74 Å². The average Bonchev–Trinajstić information content (AvgIpc) is 2.98. The Morgan fingerprint density at radius 2 is 1.70 bits per heavy atom. The van der Waals surface area contributed by atoms with Crippen molar-refractivity contribution in [3.8, 4) is 5.75 Å². The molecule has 1 aliphatic rings. The molecule has 0 radical (unpaired) electrons. The van der Waals surface area contributed by atoms with Gasteiger partial charge in [-0.25, -0.2) is 17.5 Å². The van der Waals surface area contributed by atoms with Crippen molar-refractivity contribution in [2.45, 2.75) is 24.3 Å². The van der Waals surface area contributed by atoms with Gasteiger partial charge in [-0.15, -0.1) is 0 Å². The summed E-state index contributed by atoms with van der Waals surface area (Å²) < 4.78 is 30.8. The van der Waals surface area contributed by atoms with E-state index in [0.29, 0.717) is 23.6 Å². The molecule has 2 N–H and O–H groups in total. The predicted molar refractivity (Wildman–Crippen MR) is 121 cm³/mol. The number of anilines is 1. The zero-order valence-electron chi connectivity index (χ0n) is 18.8. The summed E-state index contributed by atoms with van der Waals surface area (Å²) in [5.41, 5.74) is -0.423. The van der Waals surface area contributed by atoms with Crippen molar-refractivity contribution in [2.75, 3.05) is 32.6 Å². The summed E-state index contributed by atoms with van der Waals surface area (Å²) in [6.07, 6.45) is 0. The number of nitrogens with one attached hydrogen (secondary N) is 2. The lowest BCUT2D eigenvalue weighted by Gasteiger charge is -2.22. The number of carbonyl (C=O) groups excluding carboxylic acids is 3. The molecule has 1 atom stereocenters. The molecule has 1 unspecified atom stereocenters. The Hall–Kier alpha value is -3.44. The Kier molecular flexibility index (Phi) is 6.75. The van der Waals surface area contributed by atoms with E-state index in [1.165, 1.54) is 38.4 Å². The minimum absolute atomic E-state index is 0.0747. The maximum Gasteiger partial charge on any atom is 0.325 e. The molecule has 33 heavy (non-hydrogen) atoms. The number of urea groups is 1. The van der Waals surface area contributed by atoms with E-state index in [2.05, 4.69) is 10.6 Å². The summed E-state index contributed by atoms with van der Waals surface area (Å²) in [6, 6.07) is 11.7. The van der Waals surface area contributed by atoms with Crippen LogP contribution >= 0.6 is 0 Å². The molecule has 3 rings (SSSR count). The topological polar surface area (TPSA) is 125 Å². The average molecular weight is 475 g/mol. The molecule has 1 saturated heterocycles. The predicted octanol–water partition coefficient (Wildman–Crippen LogP) is 1.74. The van der Waals surface area contributed by atoms with Crippen molar-refractivity contribution in [1.82, 2.24) is 14.5 Å². The number of hydrogen-bond acceptors (Lipinski definition) is 6. The number of imide groups is 1. The Morgan fingerprint density at radius 1 is 1.09 bits per heavy atom. The van der Waals surface area contributed by atoms with Gasteiger partial charge < -0.3 is 15.4 Å². The molecule has 10 nitrogen and oxygen atoms in total. The van der Waals surface area contributed by atoms with Crippen molar-refractivity contribution in [2.24, 2.45) is 0 Å². The minimum atomic E-state index is -3.59. The van der Waals surface area contributed by atoms with Crippen LogP contribution in [0.2, 0.25) is 0 Å². The van der Waals surface area contributed by atoms with Crippen LogP contribution in [-0.2, 0) is 25.2 Å². The van der Waals surface area contributed by atoms with E-state index >= 15 is 0 Å². The smallest absolute Gasteiger partial charge is 0.325 e. The highest BCUT2D eigenvalue weighted by Gasteiger charge is 2.49. The molecule has 0 bridgehead atoms. The first kappa shape index (κ1) is 24.2. The van der Waals surface area contributed by atoms with Crippen LogP contribution in [0.1, 0.15) is 19.4 Å². The van der Waals surface area contributed by atoms with Crippen LogP contribution in [0.25, 0.3) is 0 Å². The van der Waals surface area contributed by atoms with Gasteiger partial charge >= 0.3 is 6.03 Å². The second-order valence-corrected chi connectivity index (χ2v) is 9.92. The molecule has 1 fully saturated rings. The number of hydrogen-bond donors (Lipinski definition) is 2. The van der Waals surface area contributed by atoms with Crippen LogP contribution in [0.3, 0.4) is 0 Å². The first-order chi connectivity index (χ1) is 15.5. The van der Waals surface area contributed by atoms with Gasteiger partial charge in [0, 0.05) is 19.8 Å². The van der Waals surface area contributed by atoms with Gasteiger partial charge in [0.25, 0.3) is 5.91 Å². The number of amides is 4. The summed E-state index contributed by atoms with van der Waals surface area (Å²) in [5.74, 6) is -0.515. The Bertz CT molecular complexity index is 1160. The van der Waals surface area contributed by atoms with Gasteiger partial charge in [0.2, 0.25) is 15.9 Å².